The molecule has 8 nitrogen and oxygen atoms in total. The van der Waals surface area contributed by atoms with E-state index in [0.29, 0.717) is 13.0 Å². The van der Waals surface area contributed by atoms with Gasteiger partial charge in [0.1, 0.15) is 12.1 Å². The minimum atomic E-state index is -3.97. The fourth-order valence-electron chi connectivity index (χ4n) is 3.84. The lowest BCUT2D eigenvalue weighted by molar-refractivity contribution is -0.125. The van der Waals surface area contributed by atoms with Crippen molar-refractivity contribution in [1.29, 1.82) is 5.26 Å². The van der Waals surface area contributed by atoms with Crippen LogP contribution < -0.4 is 15.4 Å². The predicted octanol–water partition coefficient (Wildman–Crippen LogP) is 2.07. The largest absolute Gasteiger partial charge is 0.356 e. The van der Waals surface area contributed by atoms with Crippen molar-refractivity contribution in [1.82, 2.24) is 15.4 Å². The summed E-state index contributed by atoms with van der Waals surface area (Å²) in [7, 11) is -3.97. The van der Waals surface area contributed by atoms with Crippen molar-refractivity contribution >= 4 is 32.6 Å². The molecule has 9 heteroatoms. The van der Waals surface area contributed by atoms with Gasteiger partial charge in [-0.05, 0) is 48.1 Å². The van der Waals surface area contributed by atoms with Crippen LogP contribution in [-0.2, 0) is 19.6 Å². The zero-order valence-corrected chi connectivity index (χ0v) is 19.0. The zero-order chi connectivity index (χ0) is 23.3. The smallest absolute Gasteiger partial charge is 0.241 e. The first-order valence-electron chi connectivity index (χ1n) is 10.7. The molecule has 2 amide bonds. The van der Waals surface area contributed by atoms with Crippen molar-refractivity contribution in [2.24, 2.45) is 11.8 Å². The van der Waals surface area contributed by atoms with Crippen LogP contribution >= 0.6 is 0 Å². The van der Waals surface area contributed by atoms with Gasteiger partial charge in [-0.25, -0.2) is 8.42 Å². The standard InChI is InChI=1S/C23H28N4O4S/c1-15(2)11-21(23(29)26-19(14-24)12-18-9-10-25-22(18)28)27-32(30,31)20-8-7-16-5-3-4-6-17(16)13-20/h3-8,13,15,18-19,21,27H,9-12H2,1-2H3,(H,25,28)(H,26,29)/t18-,19-,21?/m0/s1. The van der Waals surface area contributed by atoms with Gasteiger partial charge in [-0.1, -0.05) is 44.2 Å². The van der Waals surface area contributed by atoms with E-state index in [1.165, 1.54) is 6.07 Å². The van der Waals surface area contributed by atoms with Crippen LogP contribution in [0.1, 0.15) is 33.1 Å². The molecule has 1 aliphatic heterocycles. The maximum Gasteiger partial charge on any atom is 0.241 e. The lowest BCUT2D eigenvalue weighted by Crippen LogP contribution is -2.50. The molecule has 3 rings (SSSR count). The molecule has 0 aliphatic carbocycles. The highest BCUT2D eigenvalue weighted by molar-refractivity contribution is 7.89. The number of nitrogens with one attached hydrogen (secondary N) is 3. The van der Waals surface area contributed by atoms with Gasteiger partial charge in [0.25, 0.3) is 0 Å². The lowest BCUT2D eigenvalue weighted by Gasteiger charge is -2.22. The number of benzene rings is 2. The van der Waals surface area contributed by atoms with E-state index in [9.17, 15) is 23.3 Å². The molecule has 2 aromatic carbocycles. The number of fused-ring (bicyclic) bond motifs is 1. The second-order valence-electron chi connectivity index (χ2n) is 8.51. The molecule has 0 bridgehead atoms. The molecular weight excluding hydrogens is 428 g/mol. The van der Waals surface area contributed by atoms with Gasteiger partial charge in [0.05, 0.1) is 11.0 Å². The average Bonchev–Trinajstić information content (AvgIpc) is 3.16. The van der Waals surface area contributed by atoms with E-state index in [2.05, 4.69) is 15.4 Å². The van der Waals surface area contributed by atoms with Crippen molar-refractivity contribution in [3.05, 3.63) is 42.5 Å². The summed E-state index contributed by atoms with van der Waals surface area (Å²) in [6.45, 7) is 4.32. The van der Waals surface area contributed by atoms with Crippen LogP contribution in [0.25, 0.3) is 10.8 Å². The normalized spacial score (nSPS) is 18.2. The summed E-state index contributed by atoms with van der Waals surface area (Å²) in [5.74, 6) is -1.01. The van der Waals surface area contributed by atoms with Gasteiger partial charge in [-0.2, -0.15) is 9.98 Å². The quantitative estimate of drug-likeness (QED) is 0.532. The molecule has 2 aromatic rings. The molecule has 1 heterocycles. The van der Waals surface area contributed by atoms with E-state index in [0.717, 1.165) is 10.8 Å². The van der Waals surface area contributed by atoms with E-state index in [-0.39, 0.29) is 35.5 Å². The molecule has 0 spiro atoms. The van der Waals surface area contributed by atoms with Gasteiger partial charge in [-0.15, -0.1) is 0 Å². The first kappa shape index (κ1) is 23.7. The fourth-order valence-corrected chi connectivity index (χ4v) is 5.08. The lowest BCUT2D eigenvalue weighted by atomic mass is 9.98. The molecule has 1 saturated heterocycles. The number of carbonyl (C=O) groups is 2. The van der Waals surface area contributed by atoms with Crippen molar-refractivity contribution in [3.8, 4) is 6.07 Å². The number of hydrogen-bond acceptors (Lipinski definition) is 5. The second-order valence-corrected chi connectivity index (χ2v) is 10.2. The van der Waals surface area contributed by atoms with E-state index < -0.39 is 28.0 Å². The molecule has 0 saturated carbocycles. The summed E-state index contributed by atoms with van der Waals surface area (Å²) in [6, 6.07) is 12.3. The van der Waals surface area contributed by atoms with Crippen LogP contribution in [0.15, 0.2) is 47.4 Å². The van der Waals surface area contributed by atoms with Gasteiger partial charge >= 0.3 is 0 Å². The fraction of sp³-hybridized carbons (Fsp3) is 0.435. The Kier molecular flexibility index (Phi) is 7.48. The van der Waals surface area contributed by atoms with Gasteiger partial charge < -0.3 is 10.6 Å². The van der Waals surface area contributed by atoms with E-state index in [4.69, 9.17) is 0 Å². The third kappa shape index (κ3) is 5.84. The Labute approximate surface area is 188 Å². The highest BCUT2D eigenvalue weighted by Gasteiger charge is 2.31. The van der Waals surface area contributed by atoms with Crippen molar-refractivity contribution in [3.63, 3.8) is 0 Å². The van der Waals surface area contributed by atoms with Gasteiger partial charge in [0.2, 0.25) is 21.8 Å². The maximum atomic E-state index is 13.0. The van der Waals surface area contributed by atoms with Crippen LogP contribution in [0.4, 0.5) is 0 Å². The zero-order valence-electron chi connectivity index (χ0n) is 18.2. The Hall–Kier alpha value is -2.96. The van der Waals surface area contributed by atoms with Crippen molar-refractivity contribution < 1.29 is 18.0 Å². The molecule has 1 aliphatic rings. The number of amides is 2. The molecule has 0 aromatic heterocycles. The summed E-state index contributed by atoms with van der Waals surface area (Å²) in [5.41, 5.74) is 0. The van der Waals surface area contributed by atoms with Crippen LogP contribution in [-0.4, -0.2) is 38.9 Å². The number of carbonyl (C=O) groups excluding carboxylic acids is 2. The Bertz CT molecular complexity index is 1140. The highest BCUT2D eigenvalue weighted by atomic mass is 32.2. The number of hydrogen-bond donors (Lipinski definition) is 3. The first-order chi connectivity index (χ1) is 15.2. The Morgan fingerprint density at radius 3 is 2.56 bits per heavy atom. The second kappa shape index (κ2) is 10.1. The van der Waals surface area contributed by atoms with Crippen LogP contribution in [0.2, 0.25) is 0 Å². The van der Waals surface area contributed by atoms with Gasteiger partial charge in [-0.3, -0.25) is 9.59 Å². The summed E-state index contributed by atoms with van der Waals surface area (Å²) < 4.78 is 28.6. The number of nitriles is 1. The molecule has 3 atom stereocenters. The van der Waals surface area contributed by atoms with E-state index in [1.54, 1.807) is 12.1 Å². The van der Waals surface area contributed by atoms with E-state index >= 15 is 0 Å². The average molecular weight is 457 g/mol. The van der Waals surface area contributed by atoms with Crippen molar-refractivity contribution in [2.45, 2.75) is 50.1 Å². The summed E-state index contributed by atoms with van der Waals surface area (Å²) in [5, 5.41) is 16.5. The molecule has 1 unspecified atom stereocenters. The third-order valence-corrected chi connectivity index (χ3v) is 6.98. The van der Waals surface area contributed by atoms with Gasteiger partial charge in [0, 0.05) is 12.5 Å². The minimum Gasteiger partial charge on any atom is -0.356 e. The molecule has 3 N–H and O–H groups in total. The highest BCUT2D eigenvalue weighted by Crippen LogP contribution is 2.20. The molecular formula is C23H28N4O4S. The summed E-state index contributed by atoms with van der Waals surface area (Å²) in [4.78, 5) is 24.8. The molecule has 0 radical (unpaired) electrons. The van der Waals surface area contributed by atoms with E-state index in [1.807, 2.05) is 44.2 Å². The molecule has 32 heavy (non-hydrogen) atoms. The van der Waals surface area contributed by atoms with Crippen LogP contribution in [0.5, 0.6) is 0 Å². The number of sulfonamides is 1. The monoisotopic (exact) mass is 456 g/mol. The Morgan fingerprint density at radius 1 is 1.22 bits per heavy atom. The maximum absolute atomic E-state index is 13.0. The van der Waals surface area contributed by atoms with Gasteiger partial charge in [0.15, 0.2) is 0 Å². The molecule has 170 valence electrons. The van der Waals surface area contributed by atoms with Crippen molar-refractivity contribution in [2.75, 3.05) is 6.54 Å². The van der Waals surface area contributed by atoms with Crippen LogP contribution in [0, 0.1) is 23.2 Å². The summed E-state index contributed by atoms with van der Waals surface area (Å²) in [6.07, 6.45) is 1.07. The Morgan fingerprint density at radius 2 is 1.94 bits per heavy atom. The number of rotatable bonds is 9. The third-order valence-electron chi connectivity index (χ3n) is 5.51. The topological polar surface area (TPSA) is 128 Å². The Balaban J connectivity index is 1.76. The SMILES string of the molecule is CC(C)CC(NS(=O)(=O)c1ccc2ccccc2c1)C(=O)N[C@H](C#N)C[C@@H]1CCNC1=O. The first-order valence-corrected chi connectivity index (χ1v) is 12.2. The number of nitrogens with zero attached hydrogens (tertiary/aromatic N) is 1. The molecule has 1 fully saturated rings. The van der Waals surface area contributed by atoms with Crippen LogP contribution in [0.3, 0.4) is 0 Å². The summed E-state index contributed by atoms with van der Waals surface area (Å²) >= 11 is 0. The minimum absolute atomic E-state index is 0.0335. The predicted molar refractivity (Wildman–Crippen MR) is 121 cm³/mol.